The van der Waals surface area contributed by atoms with E-state index in [4.69, 9.17) is 0 Å². The Bertz CT molecular complexity index is 602. The lowest BCUT2D eigenvalue weighted by Crippen LogP contribution is -2.29. The summed E-state index contributed by atoms with van der Waals surface area (Å²) in [6.45, 7) is 4.61. The number of aliphatic hydroxyl groups is 1. The molecule has 22 heavy (non-hydrogen) atoms. The molecule has 2 aromatic rings. The minimum atomic E-state index is -0.0642. The van der Waals surface area contributed by atoms with Crippen LogP contribution in [-0.4, -0.2) is 24.2 Å². The van der Waals surface area contributed by atoms with Gasteiger partial charge >= 0.3 is 0 Å². The lowest BCUT2D eigenvalue weighted by Gasteiger charge is -2.17. The highest BCUT2D eigenvalue weighted by molar-refractivity contribution is 5.94. The van der Waals surface area contributed by atoms with E-state index in [-0.39, 0.29) is 18.4 Å². The van der Waals surface area contributed by atoms with E-state index in [2.05, 4.69) is 11.4 Å². The molecule has 3 nitrogen and oxygen atoms in total. The summed E-state index contributed by atoms with van der Waals surface area (Å²) in [5.74, 6) is 0.0618. The highest BCUT2D eigenvalue weighted by atomic mass is 16.3. The second kappa shape index (κ2) is 7.76. The zero-order valence-electron chi connectivity index (χ0n) is 13.2. The van der Waals surface area contributed by atoms with Crippen molar-refractivity contribution in [3.8, 4) is 0 Å². The van der Waals surface area contributed by atoms with E-state index in [0.717, 1.165) is 16.7 Å². The molecule has 1 amide bonds. The number of benzene rings is 2. The first kappa shape index (κ1) is 16.2. The molecule has 0 radical (unpaired) electrons. The van der Waals surface area contributed by atoms with Crippen LogP contribution in [0.25, 0.3) is 0 Å². The predicted molar refractivity (Wildman–Crippen MR) is 89.1 cm³/mol. The van der Waals surface area contributed by atoms with Gasteiger partial charge in [0.05, 0.1) is 0 Å². The fourth-order valence-corrected chi connectivity index (χ4v) is 2.69. The molecular formula is C19H23NO2. The Labute approximate surface area is 132 Å². The number of hydrogen-bond donors (Lipinski definition) is 2. The summed E-state index contributed by atoms with van der Waals surface area (Å²) in [4.78, 5) is 12.3. The first-order valence-corrected chi connectivity index (χ1v) is 7.62. The molecule has 0 spiro atoms. The molecule has 2 rings (SSSR count). The summed E-state index contributed by atoms with van der Waals surface area (Å²) in [6, 6.07) is 15.8. The van der Waals surface area contributed by atoms with Crippen molar-refractivity contribution >= 4 is 5.91 Å². The van der Waals surface area contributed by atoms with Crippen LogP contribution in [0.5, 0.6) is 0 Å². The summed E-state index contributed by atoms with van der Waals surface area (Å²) >= 11 is 0. The van der Waals surface area contributed by atoms with Gasteiger partial charge in [-0.1, -0.05) is 47.5 Å². The molecule has 0 aliphatic carbocycles. The maximum Gasteiger partial charge on any atom is 0.251 e. The van der Waals surface area contributed by atoms with Crippen molar-refractivity contribution in [2.24, 2.45) is 0 Å². The van der Waals surface area contributed by atoms with Crippen molar-refractivity contribution in [2.75, 3.05) is 13.2 Å². The third-order valence-corrected chi connectivity index (χ3v) is 3.74. The first-order chi connectivity index (χ1) is 10.6. The van der Waals surface area contributed by atoms with Crippen molar-refractivity contribution in [3.05, 3.63) is 70.8 Å². The van der Waals surface area contributed by atoms with Gasteiger partial charge in [0.1, 0.15) is 0 Å². The molecule has 116 valence electrons. The number of aryl methyl sites for hydroxylation is 2. The number of carbonyl (C=O) groups is 1. The topological polar surface area (TPSA) is 49.3 Å². The monoisotopic (exact) mass is 297 g/mol. The minimum absolute atomic E-state index is 0.0642. The maximum absolute atomic E-state index is 12.3. The molecule has 0 aromatic heterocycles. The Morgan fingerprint density at radius 3 is 2.32 bits per heavy atom. The Morgan fingerprint density at radius 1 is 1.09 bits per heavy atom. The fourth-order valence-electron chi connectivity index (χ4n) is 2.69. The number of nitrogens with one attached hydrogen (secondary N) is 1. The third kappa shape index (κ3) is 4.43. The average Bonchev–Trinajstić information content (AvgIpc) is 2.51. The minimum Gasteiger partial charge on any atom is -0.396 e. The first-order valence-electron chi connectivity index (χ1n) is 7.62. The smallest absolute Gasteiger partial charge is 0.251 e. The third-order valence-electron chi connectivity index (χ3n) is 3.74. The van der Waals surface area contributed by atoms with E-state index in [0.29, 0.717) is 18.5 Å². The average molecular weight is 297 g/mol. The zero-order valence-corrected chi connectivity index (χ0v) is 13.2. The van der Waals surface area contributed by atoms with Crippen LogP contribution in [0.1, 0.15) is 39.4 Å². The summed E-state index contributed by atoms with van der Waals surface area (Å²) < 4.78 is 0. The Hall–Kier alpha value is -2.13. The highest BCUT2D eigenvalue weighted by Crippen LogP contribution is 2.18. The number of rotatable bonds is 6. The Kier molecular flexibility index (Phi) is 5.73. The SMILES string of the molecule is Cc1cc(C)cc(C(=O)NCC(CCO)c2ccccc2)c1. The van der Waals surface area contributed by atoms with Crippen LogP contribution in [0.15, 0.2) is 48.5 Å². The molecule has 3 heteroatoms. The summed E-state index contributed by atoms with van der Waals surface area (Å²) in [5, 5.41) is 12.2. The van der Waals surface area contributed by atoms with E-state index >= 15 is 0 Å². The molecule has 0 saturated carbocycles. The van der Waals surface area contributed by atoms with Crippen molar-refractivity contribution < 1.29 is 9.90 Å². The molecule has 1 unspecified atom stereocenters. The maximum atomic E-state index is 12.3. The standard InChI is InChI=1S/C19H23NO2/c1-14-10-15(2)12-18(11-14)19(22)20-13-17(8-9-21)16-6-4-3-5-7-16/h3-7,10-12,17,21H,8-9,13H2,1-2H3,(H,20,22). The predicted octanol–water partition coefficient (Wildman–Crippen LogP) is 3.20. The van der Waals surface area contributed by atoms with Crippen LogP contribution in [-0.2, 0) is 0 Å². The molecular weight excluding hydrogens is 274 g/mol. The molecule has 0 saturated heterocycles. The van der Waals surface area contributed by atoms with Crippen molar-refractivity contribution in [1.29, 1.82) is 0 Å². The van der Waals surface area contributed by atoms with Gasteiger partial charge in [-0.2, -0.15) is 0 Å². The zero-order chi connectivity index (χ0) is 15.9. The van der Waals surface area contributed by atoms with Crippen molar-refractivity contribution in [3.63, 3.8) is 0 Å². The van der Waals surface area contributed by atoms with E-state index in [9.17, 15) is 9.90 Å². The Balaban J connectivity index is 2.04. The van der Waals surface area contributed by atoms with Gasteiger partial charge in [-0.05, 0) is 38.0 Å². The van der Waals surface area contributed by atoms with Crippen LogP contribution >= 0.6 is 0 Å². The second-order valence-corrected chi connectivity index (χ2v) is 5.71. The van der Waals surface area contributed by atoms with Gasteiger partial charge in [-0.15, -0.1) is 0 Å². The van der Waals surface area contributed by atoms with Gasteiger partial charge in [-0.25, -0.2) is 0 Å². The summed E-state index contributed by atoms with van der Waals surface area (Å²) in [6.07, 6.45) is 0.636. The van der Waals surface area contributed by atoms with E-state index in [1.165, 1.54) is 0 Å². The van der Waals surface area contributed by atoms with Crippen LogP contribution in [0.2, 0.25) is 0 Å². The molecule has 0 heterocycles. The van der Waals surface area contributed by atoms with Crippen LogP contribution < -0.4 is 5.32 Å². The van der Waals surface area contributed by atoms with Gasteiger partial charge in [0.2, 0.25) is 0 Å². The summed E-state index contributed by atoms with van der Waals surface area (Å²) in [5.41, 5.74) is 3.99. The van der Waals surface area contributed by atoms with E-state index in [1.54, 1.807) is 0 Å². The van der Waals surface area contributed by atoms with Gasteiger partial charge in [-0.3, -0.25) is 4.79 Å². The summed E-state index contributed by atoms with van der Waals surface area (Å²) in [7, 11) is 0. The lowest BCUT2D eigenvalue weighted by molar-refractivity contribution is 0.0949. The van der Waals surface area contributed by atoms with Crippen molar-refractivity contribution in [1.82, 2.24) is 5.32 Å². The molecule has 2 aromatic carbocycles. The Morgan fingerprint density at radius 2 is 1.73 bits per heavy atom. The molecule has 0 aliphatic heterocycles. The number of carbonyl (C=O) groups excluding carboxylic acids is 1. The molecule has 0 aliphatic rings. The van der Waals surface area contributed by atoms with Crippen molar-refractivity contribution in [2.45, 2.75) is 26.2 Å². The fraction of sp³-hybridized carbons (Fsp3) is 0.316. The normalized spacial score (nSPS) is 12.0. The highest BCUT2D eigenvalue weighted by Gasteiger charge is 2.13. The van der Waals surface area contributed by atoms with Gasteiger partial charge < -0.3 is 10.4 Å². The van der Waals surface area contributed by atoms with Gasteiger partial charge in [0.25, 0.3) is 5.91 Å². The molecule has 0 bridgehead atoms. The molecule has 1 atom stereocenters. The van der Waals surface area contributed by atoms with Gasteiger partial charge in [0, 0.05) is 24.6 Å². The quantitative estimate of drug-likeness (QED) is 0.860. The van der Waals surface area contributed by atoms with Crippen LogP contribution in [0.3, 0.4) is 0 Å². The lowest BCUT2D eigenvalue weighted by atomic mass is 9.96. The number of amides is 1. The molecule has 2 N–H and O–H groups in total. The van der Waals surface area contributed by atoms with E-state index < -0.39 is 0 Å². The van der Waals surface area contributed by atoms with E-state index in [1.807, 2.05) is 56.3 Å². The number of hydrogen-bond acceptors (Lipinski definition) is 2. The van der Waals surface area contributed by atoms with Crippen LogP contribution in [0, 0.1) is 13.8 Å². The largest absolute Gasteiger partial charge is 0.396 e. The van der Waals surface area contributed by atoms with Crippen LogP contribution in [0.4, 0.5) is 0 Å². The van der Waals surface area contributed by atoms with Gasteiger partial charge in [0.15, 0.2) is 0 Å². The molecule has 0 fully saturated rings. The second-order valence-electron chi connectivity index (χ2n) is 5.71. The number of aliphatic hydroxyl groups excluding tert-OH is 1.